The van der Waals surface area contributed by atoms with Crippen molar-refractivity contribution in [3.05, 3.63) is 58.7 Å². The molecule has 26 heavy (non-hydrogen) atoms. The average molecular weight is 366 g/mol. The van der Waals surface area contributed by atoms with E-state index in [0.717, 1.165) is 29.1 Å². The van der Waals surface area contributed by atoms with E-state index in [4.69, 9.17) is 0 Å². The van der Waals surface area contributed by atoms with Crippen LogP contribution in [0.4, 0.5) is 5.13 Å². The summed E-state index contributed by atoms with van der Waals surface area (Å²) in [4.78, 5) is 17.2. The molecule has 0 unspecified atom stereocenters. The topological polar surface area (TPSA) is 67.8 Å². The van der Waals surface area contributed by atoms with Gasteiger partial charge in [-0.15, -0.1) is 10.2 Å². The number of hydrogen-bond acceptors (Lipinski definition) is 5. The second kappa shape index (κ2) is 8.19. The molecule has 134 valence electrons. The Balaban J connectivity index is 1.76. The minimum absolute atomic E-state index is 0.207. The first-order chi connectivity index (χ1) is 12.6. The van der Waals surface area contributed by atoms with E-state index in [1.807, 2.05) is 49.4 Å². The van der Waals surface area contributed by atoms with Gasteiger partial charge in [0.25, 0.3) is 5.91 Å². The van der Waals surface area contributed by atoms with Gasteiger partial charge in [-0.25, -0.2) is 0 Å². The lowest BCUT2D eigenvalue weighted by molar-refractivity contribution is 0.102. The SMILES string of the molecule is CCC(CC)c1nnc(NC(=O)c2ccc(-c3ccccc3)nc2C)s1. The van der Waals surface area contributed by atoms with Crippen LogP contribution in [0.3, 0.4) is 0 Å². The third-order valence-corrected chi connectivity index (χ3v) is 5.40. The lowest BCUT2D eigenvalue weighted by Crippen LogP contribution is -2.14. The second-order valence-corrected chi connectivity index (χ2v) is 7.12. The molecule has 1 aromatic carbocycles. The summed E-state index contributed by atoms with van der Waals surface area (Å²) >= 11 is 1.44. The quantitative estimate of drug-likeness (QED) is 0.662. The molecule has 0 bridgehead atoms. The van der Waals surface area contributed by atoms with Crippen molar-refractivity contribution >= 4 is 22.4 Å². The first-order valence-electron chi connectivity index (χ1n) is 8.80. The first-order valence-corrected chi connectivity index (χ1v) is 9.61. The molecule has 0 aliphatic heterocycles. The number of anilines is 1. The fourth-order valence-corrected chi connectivity index (χ4v) is 3.83. The Labute approximate surface area is 157 Å². The summed E-state index contributed by atoms with van der Waals surface area (Å²) in [5.41, 5.74) is 3.12. The Morgan fingerprint density at radius 2 is 1.81 bits per heavy atom. The number of carbonyl (C=O) groups is 1. The van der Waals surface area contributed by atoms with Crippen molar-refractivity contribution in [1.82, 2.24) is 15.2 Å². The van der Waals surface area contributed by atoms with Crippen molar-refractivity contribution in [2.45, 2.75) is 39.5 Å². The van der Waals surface area contributed by atoms with Gasteiger partial charge in [0, 0.05) is 11.5 Å². The van der Waals surface area contributed by atoms with Gasteiger partial charge in [-0.1, -0.05) is 55.5 Å². The van der Waals surface area contributed by atoms with Gasteiger partial charge in [0.15, 0.2) is 0 Å². The summed E-state index contributed by atoms with van der Waals surface area (Å²) in [5, 5.41) is 12.7. The molecule has 2 aromatic heterocycles. The van der Waals surface area contributed by atoms with Crippen LogP contribution in [0.1, 0.15) is 53.7 Å². The number of hydrogen-bond donors (Lipinski definition) is 1. The first kappa shape index (κ1) is 18.2. The van der Waals surface area contributed by atoms with E-state index in [1.54, 1.807) is 0 Å². The molecule has 0 atom stereocenters. The van der Waals surface area contributed by atoms with Gasteiger partial charge in [0.2, 0.25) is 5.13 Å². The largest absolute Gasteiger partial charge is 0.296 e. The number of amides is 1. The van der Waals surface area contributed by atoms with E-state index >= 15 is 0 Å². The molecule has 5 nitrogen and oxygen atoms in total. The van der Waals surface area contributed by atoms with Crippen molar-refractivity contribution in [3.63, 3.8) is 0 Å². The van der Waals surface area contributed by atoms with Crippen molar-refractivity contribution in [1.29, 1.82) is 0 Å². The molecule has 0 aliphatic carbocycles. The van der Waals surface area contributed by atoms with Gasteiger partial charge in [-0.2, -0.15) is 0 Å². The molecule has 0 aliphatic rings. The number of benzene rings is 1. The van der Waals surface area contributed by atoms with Crippen molar-refractivity contribution in [2.24, 2.45) is 0 Å². The van der Waals surface area contributed by atoms with E-state index in [2.05, 4.69) is 34.3 Å². The lowest BCUT2D eigenvalue weighted by atomic mass is 10.1. The normalized spacial score (nSPS) is 10.9. The van der Waals surface area contributed by atoms with E-state index < -0.39 is 0 Å². The molecule has 0 saturated carbocycles. The third-order valence-electron chi connectivity index (χ3n) is 4.40. The third kappa shape index (κ3) is 3.96. The zero-order chi connectivity index (χ0) is 18.5. The number of carbonyl (C=O) groups excluding carboxylic acids is 1. The van der Waals surface area contributed by atoms with Crippen LogP contribution in [0.25, 0.3) is 11.3 Å². The van der Waals surface area contributed by atoms with Crippen LogP contribution in [0, 0.1) is 6.92 Å². The van der Waals surface area contributed by atoms with E-state index in [9.17, 15) is 4.79 Å². The lowest BCUT2D eigenvalue weighted by Gasteiger charge is -2.08. The Kier molecular flexibility index (Phi) is 5.73. The highest BCUT2D eigenvalue weighted by molar-refractivity contribution is 7.15. The smallest absolute Gasteiger partial charge is 0.259 e. The molecule has 1 N–H and O–H groups in total. The standard InChI is InChI=1S/C20H22N4OS/c1-4-14(5-2)19-23-24-20(26-19)22-18(25)16-11-12-17(21-13(16)3)15-9-7-6-8-10-15/h6-12,14H,4-5H2,1-3H3,(H,22,24,25). The molecule has 0 spiro atoms. The maximum Gasteiger partial charge on any atom is 0.259 e. The summed E-state index contributed by atoms with van der Waals surface area (Å²) in [6, 6.07) is 13.6. The predicted octanol–water partition coefficient (Wildman–Crippen LogP) is 5.06. The van der Waals surface area contributed by atoms with Gasteiger partial charge in [0.1, 0.15) is 5.01 Å². The fraction of sp³-hybridized carbons (Fsp3) is 0.300. The van der Waals surface area contributed by atoms with Crippen LogP contribution in [-0.2, 0) is 0 Å². The Bertz CT molecular complexity index is 888. The van der Waals surface area contributed by atoms with Crippen LogP contribution in [0.15, 0.2) is 42.5 Å². The minimum atomic E-state index is -0.207. The maximum absolute atomic E-state index is 12.6. The Hall–Kier alpha value is -2.60. The maximum atomic E-state index is 12.6. The molecule has 6 heteroatoms. The summed E-state index contributed by atoms with van der Waals surface area (Å²) in [5.74, 6) is 0.188. The van der Waals surface area contributed by atoms with Gasteiger partial charge < -0.3 is 0 Å². The fourth-order valence-electron chi connectivity index (χ4n) is 2.82. The Morgan fingerprint density at radius 3 is 2.46 bits per heavy atom. The number of aryl methyl sites for hydroxylation is 1. The number of pyridine rings is 1. The number of nitrogens with one attached hydrogen (secondary N) is 1. The molecule has 2 heterocycles. The van der Waals surface area contributed by atoms with E-state index in [1.165, 1.54) is 11.3 Å². The zero-order valence-electron chi connectivity index (χ0n) is 15.2. The summed E-state index contributed by atoms with van der Waals surface area (Å²) in [7, 11) is 0. The second-order valence-electron chi connectivity index (χ2n) is 6.11. The van der Waals surface area contributed by atoms with Gasteiger partial charge >= 0.3 is 0 Å². The van der Waals surface area contributed by atoms with Crippen molar-refractivity contribution in [3.8, 4) is 11.3 Å². The summed E-state index contributed by atoms with van der Waals surface area (Å²) in [6.45, 7) is 6.12. The predicted molar refractivity (Wildman–Crippen MR) is 106 cm³/mol. The number of aromatic nitrogens is 3. The van der Waals surface area contributed by atoms with Gasteiger partial charge in [-0.3, -0.25) is 15.1 Å². The highest BCUT2D eigenvalue weighted by atomic mass is 32.1. The van der Waals surface area contributed by atoms with Crippen molar-refractivity contribution < 1.29 is 4.79 Å². The van der Waals surface area contributed by atoms with E-state index in [-0.39, 0.29) is 5.91 Å². The molecule has 1 amide bonds. The zero-order valence-corrected chi connectivity index (χ0v) is 16.0. The van der Waals surface area contributed by atoms with Crippen LogP contribution in [0.5, 0.6) is 0 Å². The molecular formula is C20H22N4OS. The molecule has 3 rings (SSSR count). The summed E-state index contributed by atoms with van der Waals surface area (Å²) < 4.78 is 0. The highest BCUT2D eigenvalue weighted by Crippen LogP contribution is 2.28. The molecule has 0 saturated heterocycles. The highest BCUT2D eigenvalue weighted by Gasteiger charge is 2.17. The van der Waals surface area contributed by atoms with Crippen LogP contribution < -0.4 is 5.32 Å². The average Bonchev–Trinajstić information content (AvgIpc) is 3.11. The Morgan fingerprint density at radius 1 is 1.08 bits per heavy atom. The van der Waals surface area contributed by atoms with Crippen LogP contribution >= 0.6 is 11.3 Å². The molecule has 0 fully saturated rings. The van der Waals surface area contributed by atoms with Crippen LogP contribution in [0.2, 0.25) is 0 Å². The molecule has 3 aromatic rings. The minimum Gasteiger partial charge on any atom is -0.296 e. The van der Waals surface area contributed by atoms with Gasteiger partial charge in [0.05, 0.1) is 17.0 Å². The molecule has 0 radical (unpaired) electrons. The van der Waals surface area contributed by atoms with E-state index in [0.29, 0.717) is 22.3 Å². The number of nitrogens with zero attached hydrogens (tertiary/aromatic N) is 3. The van der Waals surface area contributed by atoms with Crippen LogP contribution in [-0.4, -0.2) is 21.1 Å². The van der Waals surface area contributed by atoms with Gasteiger partial charge in [-0.05, 0) is 31.9 Å². The molecular weight excluding hydrogens is 344 g/mol. The van der Waals surface area contributed by atoms with Crippen molar-refractivity contribution in [2.75, 3.05) is 5.32 Å². The summed E-state index contributed by atoms with van der Waals surface area (Å²) in [6.07, 6.45) is 2.03. The number of rotatable bonds is 6. The monoisotopic (exact) mass is 366 g/mol.